The minimum Gasteiger partial charge on any atom is -0.508 e. The predicted molar refractivity (Wildman–Crippen MR) is 264 cm³/mol. The smallest absolute Gasteiger partial charge is 0.256 e. The van der Waals surface area contributed by atoms with Crippen molar-refractivity contribution in [1.29, 1.82) is 0 Å². The maximum atomic E-state index is 15.4. The lowest BCUT2D eigenvalue weighted by atomic mass is 9.79. The third-order valence-electron chi connectivity index (χ3n) is 12.1. The number of anilines is 3. The van der Waals surface area contributed by atoms with Gasteiger partial charge in [-0.1, -0.05) is 72.7 Å². The summed E-state index contributed by atoms with van der Waals surface area (Å²) in [5.74, 6) is 0.433. The molecular weight excluding hydrogens is 781 g/mol. The average Bonchev–Trinajstić information content (AvgIpc) is 3.19. The number of carbonyl (C=O) groups is 1. The monoisotopic (exact) mass is 861 g/mol. The Kier molecular flexibility index (Phi) is 17.2. The van der Waals surface area contributed by atoms with Crippen LogP contribution in [0.4, 0.5) is 17.1 Å². The van der Waals surface area contributed by atoms with Crippen LogP contribution in [0, 0.1) is 0 Å². The Morgan fingerprint density at radius 2 is 1.11 bits per heavy atom. The minimum absolute atomic E-state index is 0.0111. The summed E-state index contributed by atoms with van der Waals surface area (Å²) >= 11 is 0. The van der Waals surface area contributed by atoms with E-state index in [0.29, 0.717) is 31.7 Å². The van der Waals surface area contributed by atoms with Gasteiger partial charge in [0, 0.05) is 65.8 Å². The van der Waals surface area contributed by atoms with Crippen LogP contribution in [0.3, 0.4) is 0 Å². The Morgan fingerprint density at radius 1 is 0.651 bits per heavy atom. The molecule has 9 heteroatoms. The van der Waals surface area contributed by atoms with E-state index in [1.165, 1.54) is 5.56 Å². The molecule has 1 heterocycles. The zero-order valence-corrected chi connectivity index (χ0v) is 40.6. The predicted octanol–water partition coefficient (Wildman–Crippen LogP) is 11.9. The highest BCUT2D eigenvalue weighted by Gasteiger charge is 2.37. The van der Waals surface area contributed by atoms with Gasteiger partial charge < -0.3 is 31.1 Å². The van der Waals surface area contributed by atoms with Crippen molar-refractivity contribution in [3.05, 3.63) is 112 Å². The van der Waals surface area contributed by atoms with Gasteiger partial charge in [-0.15, -0.1) is 0 Å². The van der Waals surface area contributed by atoms with E-state index in [9.17, 15) is 10.2 Å². The first-order valence-corrected chi connectivity index (χ1v) is 23.7. The summed E-state index contributed by atoms with van der Waals surface area (Å²) < 4.78 is 0. The molecule has 5 rings (SSSR count). The number of hydrogen-bond donors (Lipinski definition) is 5. The third-order valence-corrected chi connectivity index (χ3v) is 12.1. The Bertz CT molecular complexity index is 1990. The molecule has 0 unspecified atom stereocenters. The number of nitrogens with one attached hydrogen (secondary N) is 3. The normalized spacial score (nSPS) is 15.2. The van der Waals surface area contributed by atoms with Gasteiger partial charge in [-0.2, -0.15) is 0 Å². The Balaban J connectivity index is 1.57. The van der Waals surface area contributed by atoms with Crippen molar-refractivity contribution in [3.8, 4) is 11.5 Å². The quantitative estimate of drug-likeness (QED) is 0.0564. The molecular formula is C54H80N6O3. The van der Waals surface area contributed by atoms with Crippen LogP contribution >= 0.6 is 0 Å². The first kappa shape index (κ1) is 49.4. The second-order valence-corrected chi connectivity index (χ2v) is 20.5. The fourth-order valence-corrected chi connectivity index (χ4v) is 9.62. The lowest BCUT2D eigenvalue weighted by Gasteiger charge is -2.47. The van der Waals surface area contributed by atoms with Crippen molar-refractivity contribution < 1.29 is 15.0 Å². The molecule has 5 N–H and O–H groups in total. The lowest BCUT2D eigenvalue weighted by Crippen LogP contribution is -2.60. The summed E-state index contributed by atoms with van der Waals surface area (Å²) in [7, 11) is 0. The van der Waals surface area contributed by atoms with Crippen LogP contribution in [0.25, 0.3) is 0 Å². The van der Waals surface area contributed by atoms with Gasteiger partial charge in [0.05, 0.1) is 11.3 Å². The van der Waals surface area contributed by atoms with E-state index in [0.717, 1.165) is 104 Å². The summed E-state index contributed by atoms with van der Waals surface area (Å²) in [5.41, 5.74) is 7.98. The standard InChI is InChI=1S/C54H80N6O3/c1-12-26-58(27-13-2)37-41-30-39(16-24-49(41)61)35-60(36-40-17-25-50(62)42(31-40)38-59(28-14-3)29-15-4)51(63)47-23-22-45(55-46-33-53(8,9)57-54(10,11)34-46)32-48(47)56-44-20-18-43(19-21-44)52(5,6)7/h16-25,30-32,46,55-57,61-62H,12-15,26-29,33-38H2,1-11H3. The van der Waals surface area contributed by atoms with Gasteiger partial charge in [-0.25, -0.2) is 0 Å². The van der Waals surface area contributed by atoms with Crippen molar-refractivity contribution in [2.75, 3.05) is 36.8 Å². The maximum Gasteiger partial charge on any atom is 0.256 e. The van der Waals surface area contributed by atoms with E-state index in [-0.39, 0.29) is 39.9 Å². The fourth-order valence-electron chi connectivity index (χ4n) is 9.62. The van der Waals surface area contributed by atoms with Crippen molar-refractivity contribution in [2.45, 2.75) is 163 Å². The van der Waals surface area contributed by atoms with Gasteiger partial charge in [-0.3, -0.25) is 14.6 Å². The lowest BCUT2D eigenvalue weighted by molar-refractivity contribution is 0.0731. The van der Waals surface area contributed by atoms with Crippen LogP contribution in [0.5, 0.6) is 11.5 Å². The van der Waals surface area contributed by atoms with E-state index >= 15 is 4.79 Å². The molecule has 0 saturated carbocycles. The molecule has 4 aromatic carbocycles. The summed E-state index contributed by atoms with van der Waals surface area (Å²) in [5, 5.41) is 33.5. The van der Waals surface area contributed by atoms with Crippen LogP contribution in [0.2, 0.25) is 0 Å². The summed E-state index contributed by atoms with van der Waals surface area (Å²) in [6.07, 6.45) is 6.07. The molecule has 0 spiro atoms. The molecule has 344 valence electrons. The molecule has 0 bridgehead atoms. The summed E-state index contributed by atoms with van der Waals surface area (Å²) in [6, 6.07) is 26.4. The number of hydrogen-bond acceptors (Lipinski definition) is 8. The molecule has 1 aliphatic rings. The molecule has 0 aliphatic carbocycles. The van der Waals surface area contributed by atoms with Crippen molar-refractivity contribution in [1.82, 2.24) is 20.0 Å². The van der Waals surface area contributed by atoms with Gasteiger partial charge in [-0.05, 0) is 169 Å². The summed E-state index contributed by atoms with van der Waals surface area (Å²) in [4.78, 5) is 22.0. The zero-order valence-electron chi connectivity index (χ0n) is 40.6. The molecule has 1 fully saturated rings. The van der Waals surface area contributed by atoms with Crippen LogP contribution in [-0.2, 0) is 31.6 Å². The van der Waals surface area contributed by atoms with E-state index in [4.69, 9.17) is 0 Å². The third kappa shape index (κ3) is 14.5. The van der Waals surface area contributed by atoms with Gasteiger partial charge in [0.25, 0.3) is 5.91 Å². The van der Waals surface area contributed by atoms with E-state index < -0.39 is 0 Å². The molecule has 0 aromatic heterocycles. The van der Waals surface area contributed by atoms with E-state index in [2.05, 4.69) is 144 Å². The Labute approximate surface area is 380 Å². The molecule has 0 radical (unpaired) electrons. The van der Waals surface area contributed by atoms with Crippen LogP contribution in [0.1, 0.15) is 153 Å². The molecule has 0 atom stereocenters. The summed E-state index contributed by atoms with van der Waals surface area (Å²) in [6.45, 7) is 30.2. The molecule has 1 saturated heterocycles. The average molecular weight is 861 g/mol. The minimum atomic E-state index is -0.110. The van der Waals surface area contributed by atoms with Gasteiger partial charge in [0.15, 0.2) is 0 Å². The molecule has 63 heavy (non-hydrogen) atoms. The van der Waals surface area contributed by atoms with Crippen LogP contribution in [0.15, 0.2) is 78.9 Å². The number of piperidine rings is 1. The van der Waals surface area contributed by atoms with E-state index in [1.807, 2.05) is 29.2 Å². The number of phenolic OH excluding ortho intramolecular Hbond substituents is 2. The van der Waals surface area contributed by atoms with Crippen LogP contribution < -0.4 is 16.0 Å². The molecule has 1 amide bonds. The Hall–Kier alpha value is -4.57. The maximum absolute atomic E-state index is 15.4. The van der Waals surface area contributed by atoms with Gasteiger partial charge in [0.2, 0.25) is 0 Å². The number of aromatic hydroxyl groups is 2. The fraction of sp³-hybridized carbons (Fsp3) is 0.537. The zero-order chi connectivity index (χ0) is 46.0. The van der Waals surface area contributed by atoms with Crippen molar-refractivity contribution in [2.24, 2.45) is 0 Å². The van der Waals surface area contributed by atoms with Crippen LogP contribution in [-0.4, -0.2) is 74.1 Å². The number of carbonyl (C=O) groups excluding carboxylic acids is 1. The highest BCUT2D eigenvalue weighted by Crippen LogP contribution is 2.34. The largest absolute Gasteiger partial charge is 0.508 e. The SMILES string of the molecule is CCCN(CCC)Cc1cc(CN(Cc2ccc(O)c(CN(CCC)CCC)c2)C(=O)c2ccc(NC3CC(C)(C)NC(C)(C)C3)cc2Nc2ccc(C(C)(C)C)cc2)ccc1O. The highest BCUT2D eigenvalue weighted by atomic mass is 16.3. The number of amides is 1. The number of nitrogens with zero attached hydrogens (tertiary/aromatic N) is 3. The first-order valence-electron chi connectivity index (χ1n) is 23.7. The topological polar surface area (TPSA) is 103 Å². The Morgan fingerprint density at radius 3 is 1.56 bits per heavy atom. The second-order valence-electron chi connectivity index (χ2n) is 20.5. The first-order chi connectivity index (χ1) is 29.8. The molecule has 1 aliphatic heterocycles. The van der Waals surface area contributed by atoms with Crippen molar-refractivity contribution in [3.63, 3.8) is 0 Å². The van der Waals surface area contributed by atoms with Gasteiger partial charge >= 0.3 is 0 Å². The number of phenols is 2. The second kappa shape index (κ2) is 21.9. The number of benzene rings is 4. The van der Waals surface area contributed by atoms with E-state index in [1.54, 1.807) is 12.1 Å². The highest BCUT2D eigenvalue weighted by molar-refractivity contribution is 6.01. The molecule has 4 aromatic rings. The van der Waals surface area contributed by atoms with Crippen molar-refractivity contribution >= 4 is 23.0 Å². The molecule has 9 nitrogen and oxygen atoms in total. The van der Waals surface area contributed by atoms with Gasteiger partial charge in [0.1, 0.15) is 11.5 Å². The number of rotatable bonds is 21.